The van der Waals surface area contributed by atoms with E-state index in [1.54, 1.807) is 6.92 Å². The first kappa shape index (κ1) is 23.6. The lowest BCUT2D eigenvalue weighted by Crippen LogP contribution is -2.55. The van der Waals surface area contributed by atoms with Gasteiger partial charge in [-0.3, -0.25) is 14.5 Å². The molecule has 0 atom stereocenters. The van der Waals surface area contributed by atoms with Gasteiger partial charge < -0.3 is 10.2 Å². The maximum absolute atomic E-state index is 14.8. The lowest BCUT2D eigenvalue weighted by molar-refractivity contribution is -0.137. The Bertz CT molecular complexity index is 1250. The van der Waals surface area contributed by atoms with Gasteiger partial charge in [0.1, 0.15) is 11.4 Å². The summed E-state index contributed by atoms with van der Waals surface area (Å²) in [7, 11) is 0. The van der Waals surface area contributed by atoms with E-state index in [9.17, 15) is 27.2 Å². The molecule has 1 aliphatic heterocycles. The highest BCUT2D eigenvalue weighted by molar-refractivity contribution is 7.81. The molecule has 0 unspecified atom stereocenters. The molecule has 1 aliphatic carbocycles. The smallest absolute Gasteiger partial charge is 0.352 e. The summed E-state index contributed by atoms with van der Waals surface area (Å²) in [5, 5.41) is 11.5. The zero-order valence-electron chi connectivity index (χ0n) is 17.9. The van der Waals surface area contributed by atoms with Crippen LogP contribution in [0.1, 0.15) is 47.7 Å². The molecule has 0 bridgehead atoms. The van der Waals surface area contributed by atoms with E-state index in [1.807, 2.05) is 0 Å². The van der Waals surface area contributed by atoms with Gasteiger partial charge in [-0.15, -0.1) is 0 Å². The predicted molar refractivity (Wildman–Crippen MR) is 120 cm³/mol. The number of hydrogen-bond donors (Lipinski definition) is 1. The Morgan fingerprint density at radius 2 is 1.88 bits per heavy atom. The second kappa shape index (κ2) is 8.36. The second-order valence-electron chi connectivity index (χ2n) is 8.01. The van der Waals surface area contributed by atoms with Gasteiger partial charge in [0.15, 0.2) is 5.11 Å². The minimum atomic E-state index is -4.81. The van der Waals surface area contributed by atoms with Crippen molar-refractivity contribution in [2.75, 3.05) is 16.3 Å². The van der Waals surface area contributed by atoms with Crippen molar-refractivity contribution in [2.24, 2.45) is 0 Å². The SMILES string of the molecule is CCNC(=O)c1ccc(N2C(=S)N(c3ccc(C#N)c(C(F)(F)F)c3)C(=O)C23CCC3)cc1F. The van der Waals surface area contributed by atoms with Crippen LogP contribution in [0.25, 0.3) is 0 Å². The summed E-state index contributed by atoms with van der Waals surface area (Å²) in [6.07, 6.45) is -3.37. The summed E-state index contributed by atoms with van der Waals surface area (Å²) in [6, 6.07) is 8.27. The first-order valence-electron chi connectivity index (χ1n) is 10.4. The first-order valence-corrected chi connectivity index (χ1v) is 10.8. The van der Waals surface area contributed by atoms with Gasteiger partial charge in [0.2, 0.25) is 0 Å². The van der Waals surface area contributed by atoms with Crippen LogP contribution in [0.15, 0.2) is 36.4 Å². The topological polar surface area (TPSA) is 76.4 Å². The molecule has 2 amide bonds. The summed E-state index contributed by atoms with van der Waals surface area (Å²) < 4.78 is 55.3. The van der Waals surface area contributed by atoms with E-state index >= 15 is 0 Å². The van der Waals surface area contributed by atoms with Crippen molar-refractivity contribution in [3.05, 3.63) is 58.9 Å². The number of anilines is 2. The predicted octanol–water partition coefficient (Wildman–Crippen LogP) is 4.53. The third kappa shape index (κ3) is 3.58. The molecule has 0 radical (unpaired) electrons. The Morgan fingerprint density at radius 1 is 1.21 bits per heavy atom. The molecule has 1 saturated heterocycles. The Labute approximate surface area is 197 Å². The summed E-state index contributed by atoms with van der Waals surface area (Å²) in [6.45, 7) is 2.01. The molecular weight excluding hydrogens is 472 g/mol. The molecule has 2 fully saturated rings. The number of nitrogens with one attached hydrogen (secondary N) is 1. The van der Waals surface area contributed by atoms with E-state index in [-0.39, 0.29) is 22.1 Å². The Hall–Kier alpha value is -3.52. The maximum atomic E-state index is 14.8. The molecule has 2 aliphatic rings. The van der Waals surface area contributed by atoms with Crippen LogP contribution >= 0.6 is 12.2 Å². The number of carbonyl (C=O) groups excluding carboxylic acids is 2. The van der Waals surface area contributed by atoms with Gasteiger partial charge in [-0.25, -0.2) is 4.39 Å². The molecule has 176 valence electrons. The molecule has 1 N–H and O–H groups in total. The van der Waals surface area contributed by atoms with Crippen LogP contribution in [-0.2, 0) is 11.0 Å². The van der Waals surface area contributed by atoms with Crippen LogP contribution in [0.5, 0.6) is 0 Å². The number of nitriles is 1. The van der Waals surface area contributed by atoms with Gasteiger partial charge in [0.25, 0.3) is 11.8 Å². The fourth-order valence-electron chi connectivity index (χ4n) is 4.29. The third-order valence-corrected chi connectivity index (χ3v) is 6.44. The number of amides is 2. The second-order valence-corrected chi connectivity index (χ2v) is 8.37. The van der Waals surface area contributed by atoms with Crippen molar-refractivity contribution in [3.63, 3.8) is 0 Å². The number of alkyl halides is 3. The van der Waals surface area contributed by atoms with Crippen molar-refractivity contribution >= 4 is 40.5 Å². The molecule has 4 rings (SSSR count). The number of halogens is 4. The quantitative estimate of drug-likeness (QED) is 0.504. The Morgan fingerprint density at radius 3 is 2.41 bits per heavy atom. The summed E-state index contributed by atoms with van der Waals surface area (Å²) in [4.78, 5) is 28.0. The van der Waals surface area contributed by atoms with Crippen LogP contribution in [-0.4, -0.2) is 29.0 Å². The Kier molecular flexibility index (Phi) is 5.81. The van der Waals surface area contributed by atoms with Gasteiger partial charge in [-0.05, 0) is 74.8 Å². The van der Waals surface area contributed by atoms with Gasteiger partial charge in [-0.1, -0.05) is 0 Å². The summed E-state index contributed by atoms with van der Waals surface area (Å²) in [5.74, 6) is -1.93. The zero-order chi connectivity index (χ0) is 24.8. The van der Waals surface area contributed by atoms with Gasteiger partial charge in [-0.2, -0.15) is 18.4 Å². The molecule has 1 heterocycles. The molecule has 6 nitrogen and oxygen atoms in total. The highest BCUT2D eigenvalue weighted by atomic mass is 32.1. The molecule has 34 heavy (non-hydrogen) atoms. The number of thiocarbonyl (C=S) groups is 1. The van der Waals surface area contributed by atoms with Crippen molar-refractivity contribution in [1.29, 1.82) is 5.26 Å². The summed E-state index contributed by atoms with van der Waals surface area (Å²) >= 11 is 5.50. The highest BCUT2D eigenvalue weighted by Gasteiger charge is 2.59. The largest absolute Gasteiger partial charge is 0.417 e. The monoisotopic (exact) mass is 490 g/mol. The van der Waals surface area contributed by atoms with Crippen LogP contribution in [0.3, 0.4) is 0 Å². The van der Waals surface area contributed by atoms with E-state index in [4.69, 9.17) is 17.5 Å². The maximum Gasteiger partial charge on any atom is 0.417 e. The molecule has 0 aromatic heterocycles. The van der Waals surface area contributed by atoms with Crippen molar-refractivity contribution < 1.29 is 27.2 Å². The number of nitrogens with zero attached hydrogens (tertiary/aromatic N) is 3. The van der Waals surface area contributed by atoms with E-state index in [2.05, 4.69) is 5.32 Å². The molecular formula is C23H18F4N4O2S. The fraction of sp³-hybridized carbons (Fsp3) is 0.304. The number of rotatable bonds is 4. The molecule has 2 aromatic rings. The average molecular weight is 490 g/mol. The van der Waals surface area contributed by atoms with Gasteiger partial charge >= 0.3 is 6.18 Å². The first-order chi connectivity index (χ1) is 16.0. The molecule has 1 spiro atoms. The van der Waals surface area contributed by atoms with Crippen LogP contribution in [0, 0.1) is 17.1 Å². The fourth-order valence-corrected chi connectivity index (χ4v) is 4.76. The lowest BCUT2D eigenvalue weighted by atomic mass is 9.75. The summed E-state index contributed by atoms with van der Waals surface area (Å²) in [5.41, 5.74) is -2.99. The molecule has 1 saturated carbocycles. The molecule has 11 heteroatoms. The van der Waals surface area contributed by atoms with E-state index < -0.39 is 40.5 Å². The minimum absolute atomic E-state index is 0.104. The standard InChI is InChI=1S/C23H18F4N4O2S/c1-2-29-19(32)16-7-6-15(11-18(16)24)31-21(34)30(20(33)22(31)8-3-9-22)14-5-4-13(12-28)17(10-14)23(25,26)27/h4-7,10-11H,2-3,8-9H2,1H3,(H,29,32). The van der Waals surface area contributed by atoms with E-state index in [0.29, 0.717) is 25.8 Å². The normalized spacial score (nSPS) is 17.1. The highest BCUT2D eigenvalue weighted by Crippen LogP contribution is 2.48. The zero-order valence-corrected chi connectivity index (χ0v) is 18.7. The third-order valence-electron chi connectivity index (χ3n) is 6.07. The van der Waals surface area contributed by atoms with E-state index in [1.165, 1.54) is 29.2 Å². The minimum Gasteiger partial charge on any atom is -0.352 e. The van der Waals surface area contributed by atoms with Crippen LogP contribution < -0.4 is 15.1 Å². The van der Waals surface area contributed by atoms with Crippen molar-refractivity contribution in [1.82, 2.24) is 5.32 Å². The number of carbonyl (C=O) groups is 2. The Balaban J connectivity index is 1.78. The average Bonchev–Trinajstić information content (AvgIpc) is 2.99. The van der Waals surface area contributed by atoms with Gasteiger partial charge in [0.05, 0.1) is 28.4 Å². The van der Waals surface area contributed by atoms with E-state index in [0.717, 1.165) is 23.1 Å². The lowest BCUT2D eigenvalue weighted by Gasteiger charge is -2.43. The number of benzene rings is 2. The number of hydrogen-bond acceptors (Lipinski definition) is 4. The van der Waals surface area contributed by atoms with Crippen molar-refractivity contribution in [2.45, 2.75) is 37.9 Å². The van der Waals surface area contributed by atoms with Crippen LogP contribution in [0.2, 0.25) is 0 Å². The van der Waals surface area contributed by atoms with Crippen LogP contribution in [0.4, 0.5) is 28.9 Å². The molecule has 2 aromatic carbocycles. The van der Waals surface area contributed by atoms with Gasteiger partial charge in [0, 0.05) is 12.2 Å². The van der Waals surface area contributed by atoms with Crippen molar-refractivity contribution in [3.8, 4) is 6.07 Å².